The number of aromatic nitrogens is 3. The molecule has 0 amide bonds. The van der Waals surface area contributed by atoms with Crippen LogP contribution in [0, 0.1) is 0 Å². The molecule has 0 aliphatic carbocycles. The van der Waals surface area contributed by atoms with Crippen molar-refractivity contribution in [1.29, 1.82) is 0 Å². The van der Waals surface area contributed by atoms with Crippen LogP contribution >= 0.6 is 11.6 Å². The standard InChI is InChI=1S/C10H9ClN4/c11-8-1-2-10(13-5-8)14-6-9-3-4-12-7-15-9/h1-5,7H,6H2,(H,13,14). The Morgan fingerprint density at radius 1 is 1.20 bits per heavy atom. The largest absolute Gasteiger partial charge is 0.364 e. The molecule has 0 bridgehead atoms. The van der Waals surface area contributed by atoms with Gasteiger partial charge in [0.2, 0.25) is 0 Å². The molecule has 0 saturated heterocycles. The number of anilines is 1. The Balaban J connectivity index is 1.96. The fraction of sp³-hybridized carbons (Fsp3) is 0.100. The molecule has 0 unspecified atom stereocenters. The van der Waals surface area contributed by atoms with Gasteiger partial charge in [-0.05, 0) is 18.2 Å². The highest BCUT2D eigenvalue weighted by atomic mass is 35.5. The molecule has 0 radical (unpaired) electrons. The second kappa shape index (κ2) is 4.70. The molecule has 0 aromatic carbocycles. The van der Waals surface area contributed by atoms with Gasteiger partial charge in [-0.1, -0.05) is 11.6 Å². The van der Waals surface area contributed by atoms with E-state index in [1.807, 2.05) is 12.1 Å². The van der Waals surface area contributed by atoms with Gasteiger partial charge in [0, 0.05) is 12.4 Å². The van der Waals surface area contributed by atoms with Crippen molar-refractivity contribution in [2.45, 2.75) is 6.54 Å². The van der Waals surface area contributed by atoms with Gasteiger partial charge in [0.05, 0.1) is 17.3 Å². The lowest BCUT2D eigenvalue weighted by Crippen LogP contribution is -2.02. The van der Waals surface area contributed by atoms with Crippen LogP contribution < -0.4 is 5.32 Å². The Morgan fingerprint density at radius 2 is 2.13 bits per heavy atom. The topological polar surface area (TPSA) is 50.7 Å². The summed E-state index contributed by atoms with van der Waals surface area (Å²) in [4.78, 5) is 12.0. The van der Waals surface area contributed by atoms with E-state index in [9.17, 15) is 0 Å². The van der Waals surface area contributed by atoms with E-state index < -0.39 is 0 Å². The van der Waals surface area contributed by atoms with Crippen LogP contribution in [0.1, 0.15) is 5.69 Å². The fourth-order valence-corrected chi connectivity index (χ4v) is 1.20. The van der Waals surface area contributed by atoms with E-state index in [0.717, 1.165) is 11.5 Å². The van der Waals surface area contributed by atoms with Crippen molar-refractivity contribution in [3.05, 3.63) is 47.6 Å². The summed E-state index contributed by atoms with van der Waals surface area (Å²) in [6, 6.07) is 5.46. The van der Waals surface area contributed by atoms with Crippen molar-refractivity contribution in [2.75, 3.05) is 5.32 Å². The minimum absolute atomic E-state index is 0.622. The molecular weight excluding hydrogens is 212 g/mol. The predicted octanol–water partition coefficient (Wildman–Crippen LogP) is 2.14. The number of pyridine rings is 1. The monoisotopic (exact) mass is 220 g/mol. The van der Waals surface area contributed by atoms with Gasteiger partial charge >= 0.3 is 0 Å². The molecule has 15 heavy (non-hydrogen) atoms. The van der Waals surface area contributed by atoms with E-state index in [1.165, 1.54) is 6.33 Å². The number of nitrogens with one attached hydrogen (secondary N) is 1. The van der Waals surface area contributed by atoms with E-state index in [0.29, 0.717) is 11.6 Å². The average molecular weight is 221 g/mol. The van der Waals surface area contributed by atoms with Gasteiger partial charge in [0.15, 0.2) is 0 Å². The lowest BCUT2D eigenvalue weighted by Gasteiger charge is -2.03. The number of hydrogen-bond donors (Lipinski definition) is 1. The third-order valence-electron chi connectivity index (χ3n) is 1.82. The SMILES string of the molecule is Clc1ccc(NCc2ccncn2)nc1. The summed E-state index contributed by atoms with van der Waals surface area (Å²) in [6.45, 7) is 0.622. The molecule has 76 valence electrons. The third-order valence-corrected chi connectivity index (χ3v) is 2.04. The van der Waals surface area contributed by atoms with Crippen LogP contribution in [0.2, 0.25) is 5.02 Å². The molecule has 2 aromatic heterocycles. The molecule has 0 spiro atoms. The maximum Gasteiger partial charge on any atom is 0.126 e. The summed E-state index contributed by atoms with van der Waals surface area (Å²) in [5, 5.41) is 3.76. The number of hydrogen-bond acceptors (Lipinski definition) is 4. The second-order valence-electron chi connectivity index (χ2n) is 2.92. The molecule has 5 heteroatoms. The normalized spacial score (nSPS) is 9.93. The molecule has 2 aromatic rings. The zero-order valence-corrected chi connectivity index (χ0v) is 8.65. The van der Waals surface area contributed by atoms with Crippen LogP contribution in [0.5, 0.6) is 0 Å². The Hall–Kier alpha value is -1.68. The van der Waals surface area contributed by atoms with Crippen LogP contribution in [0.4, 0.5) is 5.82 Å². The van der Waals surface area contributed by atoms with Crippen LogP contribution in [0.25, 0.3) is 0 Å². The molecule has 0 aliphatic heterocycles. The van der Waals surface area contributed by atoms with Gasteiger partial charge in [-0.2, -0.15) is 0 Å². The van der Waals surface area contributed by atoms with E-state index in [-0.39, 0.29) is 0 Å². The summed E-state index contributed by atoms with van der Waals surface area (Å²) >= 11 is 5.72. The number of nitrogens with zero attached hydrogens (tertiary/aromatic N) is 3. The quantitative estimate of drug-likeness (QED) is 0.861. The van der Waals surface area contributed by atoms with Gasteiger partial charge < -0.3 is 5.32 Å². The summed E-state index contributed by atoms with van der Waals surface area (Å²) in [5.74, 6) is 0.776. The van der Waals surface area contributed by atoms with Gasteiger partial charge in [0.25, 0.3) is 0 Å². The molecular formula is C10H9ClN4. The van der Waals surface area contributed by atoms with Crippen LogP contribution in [0.15, 0.2) is 36.9 Å². The predicted molar refractivity (Wildman–Crippen MR) is 58.6 cm³/mol. The minimum atomic E-state index is 0.622. The number of rotatable bonds is 3. The zero-order chi connectivity index (χ0) is 10.5. The van der Waals surface area contributed by atoms with Crippen LogP contribution in [0.3, 0.4) is 0 Å². The maximum absolute atomic E-state index is 5.72. The first kappa shape index (κ1) is 9.86. The first-order valence-corrected chi connectivity index (χ1v) is 4.83. The molecule has 0 fully saturated rings. The molecule has 0 atom stereocenters. The summed E-state index contributed by atoms with van der Waals surface area (Å²) in [5.41, 5.74) is 0.918. The van der Waals surface area contributed by atoms with E-state index in [1.54, 1.807) is 18.5 Å². The van der Waals surface area contributed by atoms with Gasteiger partial charge in [0.1, 0.15) is 12.1 Å². The van der Waals surface area contributed by atoms with E-state index in [2.05, 4.69) is 20.3 Å². The number of halogens is 1. The summed E-state index contributed by atoms with van der Waals surface area (Å²) in [6.07, 6.45) is 4.83. The minimum Gasteiger partial charge on any atom is -0.364 e. The molecule has 4 nitrogen and oxygen atoms in total. The molecule has 0 aliphatic rings. The Bertz CT molecular complexity index is 415. The lowest BCUT2D eigenvalue weighted by atomic mass is 10.4. The highest BCUT2D eigenvalue weighted by Crippen LogP contribution is 2.09. The highest BCUT2D eigenvalue weighted by Gasteiger charge is 1.95. The van der Waals surface area contributed by atoms with Crippen molar-refractivity contribution in [3.63, 3.8) is 0 Å². The average Bonchev–Trinajstić information content (AvgIpc) is 2.30. The lowest BCUT2D eigenvalue weighted by molar-refractivity contribution is 0.996. The van der Waals surface area contributed by atoms with Crippen LogP contribution in [-0.2, 0) is 6.54 Å². The van der Waals surface area contributed by atoms with Crippen molar-refractivity contribution < 1.29 is 0 Å². The van der Waals surface area contributed by atoms with Gasteiger partial charge in [-0.3, -0.25) is 0 Å². The summed E-state index contributed by atoms with van der Waals surface area (Å²) in [7, 11) is 0. The van der Waals surface area contributed by atoms with Crippen molar-refractivity contribution >= 4 is 17.4 Å². The van der Waals surface area contributed by atoms with Crippen molar-refractivity contribution in [2.24, 2.45) is 0 Å². The van der Waals surface area contributed by atoms with E-state index in [4.69, 9.17) is 11.6 Å². The zero-order valence-electron chi connectivity index (χ0n) is 7.89. The second-order valence-corrected chi connectivity index (χ2v) is 3.35. The van der Waals surface area contributed by atoms with Gasteiger partial charge in [-0.15, -0.1) is 0 Å². The first-order chi connectivity index (χ1) is 7.34. The maximum atomic E-state index is 5.72. The molecule has 2 rings (SSSR count). The fourth-order valence-electron chi connectivity index (χ4n) is 1.08. The first-order valence-electron chi connectivity index (χ1n) is 4.45. The third kappa shape index (κ3) is 2.89. The molecule has 1 N–H and O–H groups in total. The van der Waals surface area contributed by atoms with Crippen molar-refractivity contribution in [3.8, 4) is 0 Å². The smallest absolute Gasteiger partial charge is 0.126 e. The molecule has 2 heterocycles. The van der Waals surface area contributed by atoms with Gasteiger partial charge in [-0.25, -0.2) is 15.0 Å². The Morgan fingerprint density at radius 3 is 2.80 bits per heavy atom. The van der Waals surface area contributed by atoms with E-state index >= 15 is 0 Å². The summed E-state index contributed by atoms with van der Waals surface area (Å²) < 4.78 is 0. The van der Waals surface area contributed by atoms with Crippen LogP contribution in [-0.4, -0.2) is 15.0 Å². The molecule has 0 saturated carbocycles. The highest BCUT2D eigenvalue weighted by molar-refractivity contribution is 6.30. The Labute approximate surface area is 92.4 Å². The van der Waals surface area contributed by atoms with Crippen molar-refractivity contribution in [1.82, 2.24) is 15.0 Å². The Kier molecular flexibility index (Phi) is 3.09.